The van der Waals surface area contributed by atoms with Crippen molar-refractivity contribution >= 4 is 23.6 Å². The van der Waals surface area contributed by atoms with Crippen LogP contribution in [-0.2, 0) is 49.7 Å². The van der Waals surface area contributed by atoms with Gasteiger partial charge in [-0.3, -0.25) is 29.6 Å². The van der Waals surface area contributed by atoms with Gasteiger partial charge in [-0.2, -0.15) is 0 Å². The number of likely N-dealkylation sites (N-methyl/N-ethyl adjacent to an activating group) is 2. The predicted octanol–water partition coefficient (Wildman–Crippen LogP) is 1.46. The number of nitrogens with one attached hydrogen (secondary N) is 2. The molecule has 0 radical (unpaired) electrons. The van der Waals surface area contributed by atoms with Gasteiger partial charge in [0.1, 0.15) is 12.1 Å². The van der Waals surface area contributed by atoms with Gasteiger partial charge in [0, 0.05) is 32.4 Å². The molecule has 2 atom stereocenters. The Kier molecular flexibility index (Phi) is 21.1. The zero-order valence-electron chi connectivity index (χ0n) is 24.6. The van der Waals surface area contributed by atoms with Crippen LogP contribution >= 0.6 is 0 Å². The summed E-state index contributed by atoms with van der Waals surface area (Å²) in [6, 6.07) is -1.60. The summed E-state index contributed by atoms with van der Waals surface area (Å²) in [5.41, 5.74) is -0.377. The van der Waals surface area contributed by atoms with Gasteiger partial charge in [0.25, 0.3) is 11.8 Å². The van der Waals surface area contributed by atoms with Crippen molar-refractivity contribution < 1.29 is 60.1 Å². The Morgan fingerprint density at radius 2 is 1.05 bits per heavy atom. The summed E-state index contributed by atoms with van der Waals surface area (Å²) in [5, 5.41) is 25.1. The molecule has 39 heavy (non-hydrogen) atoms. The number of hydrogen-bond acceptors (Lipinski definition) is 9. The van der Waals surface area contributed by atoms with Gasteiger partial charge in [-0.15, -0.1) is 0 Å². The first kappa shape index (κ1) is 39.2. The molecule has 0 saturated carbocycles. The first-order valence-corrected chi connectivity index (χ1v) is 13.5. The molecule has 0 unspecified atom stereocenters. The van der Waals surface area contributed by atoms with Crippen LogP contribution in [0.2, 0.25) is 0 Å². The van der Waals surface area contributed by atoms with Gasteiger partial charge in [-0.05, 0) is 24.7 Å². The Morgan fingerprint density at radius 3 is 1.31 bits per heavy atom. The predicted molar refractivity (Wildman–Crippen MR) is 137 cm³/mol. The molecular weight excluding hydrogens is 551 g/mol. The van der Waals surface area contributed by atoms with Crippen LogP contribution in [0.1, 0.15) is 67.2 Å². The first-order valence-electron chi connectivity index (χ1n) is 12.9. The second-order valence-electron chi connectivity index (χ2n) is 11.0. The van der Waals surface area contributed by atoms with E-state index in [2.05, 4.69) is 10.6 Å². The molecule has 0 aromatic rings. The second kappa shape index (κ2) is 20.9. The SMILES string of the molecule is CC(C)C[C@H](NC(=O)CCOCC(C)(C)COCCC(=O)N[C@@H](CC(C)C)C(=O)N(C)O)C(=O)N(C)O.[O]=[V]. The van der Waals surface area contributed by atoms with Crippen LogP contribution in [0.25, 0.3) is 0 Å². The number of carbonyl (C=O) groups is 4. The second-order valence-corrected chi connectivity index (χ2v) is 11.0. The van der Waals surface area contributed by atoms with Crippen LogP contribution in [0.5, 0.6) is 0 Å². The van der Waals surface area contributed by atoms with Crippen molar-refractivity contribution in [2.75, 3.05) is 40.5 Å². The third-order valence-corrected chi connectivity index (χ3v) is 5.25. The molecule has 4 amide bonds. The van der Waals surface area contributed by atoms with E-state index in [4.69, 9.17) is 13.1 Å². The van der Waals surface area contributed by atoms with Crippen LogP contribution in [-0.4, -0.2) is 96.8 Å². The van der Waals surface area contributed by atoms with Crippen molar-refractivity contribution in [3.05, 3.63) is 0 Å². The summed E-state index contributed by atoms with van der Waals surface area (Å²) >= 11 is 1.06. The monoisotopic (exact) mass is 599 g/mol. The molecule has 0 aromatic carbocycles. The summed E-state index contributed by atoms with van der Waals surface area (Å²) in [6.45, 7) is 12.5. The fourth-order valence-corrected chi connectivity index (χ4v) is 3.44. The minimum atomic E-state index is -0.798. The molecule has 0 aliphatic carbocycles. The first-order chi connectivity index (χ1) is 18.1. The van der Waals surface area contributed by atoms with Gasteiger partial charge in [-0.25, -0.2) is 10.1 Å². The molecule has 0 rings (SSSR count). The van der Waals surface area contributed by atoms with Crippen molar-refractivity contribution in [3.8, 4) is 0 Å². The fraction of sp³-hybridized carbons (Fsp3) is 0.840. The van der Waals surface area contributed by atoms with Crippen molar-refractivity contribution in [2.45, 2.75) is 79.3 Å². The van der Waals surface area contributed by atoms with Crippen LogP contribution in [0.4, 0.5) is 0 Å². The molecule has 0 bridgehead atoms. The van der Waals surface area contributed by atoms with E-state index in [-0.39, 0.29) is 55.1 Å². The Labute approximate surface area is 241 Å². The van der Waals surface area contributed by atoms with Gasteiger partial charge in [-0.1, -0.05) is 41.5 Å². The van der Waals surface area contributed by atoms with E-state index in [0.717, 1.165) is 17.4 Å². The van der Waals surface area contributed by atoms with Gasteiger partial charge in [0.15, 0.2) is 0 Å². The van der Waals surface area contributed by atoms with Crippen LogP contribution in [0.3, 0.4) is 0 Å². The van der Waals surface area contributed by atoms with E-state index in [1.165, 1.54) is 14.1 Å². The summed E-state index contributed by atoms with van der Waals surface area (Å²) in [7, 11) is 2.45. The average molecular weight is 600 g/mol. The van der Waals surface area contributed by atoms with E-state index in [1.807, 2.05) is 41.5 Å². The molecule has 0 fully saturated rings. The molecule has 0 aliphatic heterocycles. The molecule has 0 aliphatic rings. The van der Waals surface area contributed by atoms with Crippen LogP contribution in [0.15, 0.2) is 0 Å². The Balaban J connectivity index is 0. The third kappa shape index (κ3) is 19.8. The molecule has 0 aromatic heterocycles. The van der Waals surface area contributed by atoms with Crippen LogP contribution in [0, 0.1) is 17.3 Å². The maximum absolute atomic E-state index is 12.2. The number of nitrogens with zero attached hydrogens (tertiary/aromatic N) is 2. The summed E-state index contributed by atoms with van der Waals surface area (Å²) in [5.74, 6) is -1.52. The van der Waals surface area contributed by atoms with E-state index < -0.39 is 23.9 Å². The quantitative estimate of drug-likeness (QED) is 0.103. The minimum absolute atomic E-state index is 0.0629. The molecule has 4 N–H and O–H groups in total. The topological polar surface area (TPSA) is 175 Å². The molecular formula is C25H48N4O9V. The van der Waals surface area contributed by atoms with Crippen molar-refractivity contribution in [3.63, 3.8) is 0 Å². The van der Waals surface area contributed by atoms with Crippen molar-refractivity contribution in [1.29, 1.82) is 0 Å². The zero-order chi connectivity index (χ0) is 30.8. The molecule has 0 heterocycles. The molecule has 0 spiro atoms. The van der Waals surface area contributed by atoms with E-state index in [1.54, 1.807) is 0 Å². The Bertz CT molecular complexity index is 691. The van der Waals surface area contributed by atoms with E-state index in [9.17, 15) is 29.6 Å². The fourth-order valence-electron chi connectivity index (χ4n) is 3.44. The number of carbonyl (C=O) groups excluding carboxylic acids is 4. The molecule has 227 valence electrons. The van der Waals surface area contributed by atoms with E-state index >= 15 is 0 Å². The Hall–Kier alpha value is -1.90. The average Bonchev–Trinajstić information content (AvgIpc) is 2.83. The number of amides is 4. The normalized spacial score (nSPS) is 12.7. The number of hydrogen-bond donors (Lipinski definition) is 4. The molecule has 13 nitrogen and oxygen atoms in total. The van der Waals surface area contributed by atoms with E-state index in [0.29, 0.717) is 36.2 Å². The summed E-state index contributed by atoms with van der Waals surface area (Å²) in [4.78, 5) is 48.6. The summed E-state index contributed by atoms with van der Waals surface area (Å²) < 4.78 is 19.4. The van der Waals surface area contributed by atoms with Gasteiger partial charge in [0.2, 0.25) is 11.8 Å². The van der Waals surface area contributed by atoms with Crippen LogP contribution < -0.4 is 10.6 Å². The Morgan fingerprint density at radius 1 is 0.744 bits per heavy atom. The number of rotatable bonds is 18. The zero-order valence-corrected chi connectivity index (χ0v) is 26.0. The number of ether oxygens (including phenoxy) is 2. The van der Waals surface area contributed by atoms with Gasteiger partial charge in [0.05, 0.1) is 26.4 Å². The third-order valence-electron chi connectivity index (χ3n) is 5.25. The maximum atomic E-state index is 12.2. The molecule has 14 heteroatoms. The van der Waals surface area contributed by atoms with Crippen molar-refractivity contribution in [2.24, 2.45) is 17.3 Å². The van der Waals surface area contributed by atoms with Gasteiger partial charge < -0.3 is 20.1 Å². The van der Waals surface area contributed by atoms with Gasteiger partial charge >= 0.3 is 21.0 Å². The summed E-state index contributed by atoms with van der Waals surface area (Å²) in [6.07, 6.45) is 0.943. The molecule has 0 saturated heterocycles. The standard InChI is InChI=1S/C25H48N4O8.O.V/c1-17(2)13-19(23(32)28(7)34)26-21(30)9-11-36-15-25(5,6)16-37-12-10-22(31)27-20(14-18(3)4)24(33)29(8)35;;/h17-20,34-35H,9-16H2,1-8H3,(H,26,30)(H,27,31);;/t19-,20-;;/m0../s1. The number of hydroxylamine groups is 4. The van der Waals surface area contributed by atoms with Crippen molar-refractivity contribution in [1.82, 2.24) is 20.8 Å².